The zero-order chi connectivity index (χ0) is 21.7. The number of rotatable bonds is 8. The molecule has 0 bridgehead atoms. The molecule has 0 aromatic heterocycles. The summed E-state index contributed by atoms with van der Waals surface area (Å²) in [6.07, 6.45) is 6.02. The average molecular weight is 447 g/mol. The summed E-state index contributed by atoms with van der Waals surface area (Å²) in [5.74, 6) is -1.05. The Labute approximate surface area is 177 Å². The minimum absolute atomic E-state index is 0.0315. The highest BCUT2D eigenvalue weighted by atomic mass is 32.2. The topological polar surface area (TPSA) is 76.7 Å². The van der Waals surface area contributed by atoms with Gasteiger partial charge in [-0.15, -0.1) is 0 Å². The van der Waals surface area contributed by atoms with Gasteiger partial charge in [-0.3, -0.25) is 0 Å². The zero-order valence-corrected chi connectivity index (χ0v) is 18.4. The Hall–Kier alpha value is -1.29. The molecule has 30 heavy (non-hydrogen) atoms. The molecule has 2 fully saturated rings. The second kappa shape index (κ2) is 10.3. The van der Waals surface area contributed by atoms with Gasteiger partial charge in [0.2, 0.25) is 10.0 Å². The minimum Gasteiger partial charge on any atom is -0.491 e. The van der Waals surface area contributed by atoms with Crippen LogP contribution in [0.5, 0.6) is 5.75 Å². The van der Waals surface area contributed by atoms with Crippen LogP contribution in [0, 0.1) is 11.6 Å². The van der Waals surface area contributed by atoms with Gasteiger partial charge in [0.1, 0.15) is 5.82 Å². The monoisotopic (exact) mass is 446 g/mol. The maximum atomic E-state index is 14.2. The summed E-state index contributed by atoms with van der Waals surface area (Å²) >= 11 is 0. The van der Waals surface area contributed by atoms with E-state index in [4.69, 9.17) is 9.47 Å². The molecule has 2 aliphatic rings. The van der Waals surface area contributed by atoms with Crippen molar-refractivity contribution in [3.63, 3.8) is 0 Å². The maximum absolute atomic E-state index is 14.2. The molecule has 1 aliphatic heterocycles. The first-order chi connectivity index (χ1) is 14.3. The number of piperidine rings is 1. The molecule has 1 aromatic carbocycles. The smallest absolute Gasteiger partial charge is 0.209 e. The number of sulfonamides is 1. The number of benzene rings is 1. The molecular formula is C21H32F2N2O4S. The number of nitrogens with one attached hydrogen (secondary N) is 2. The van der Waals surface area contributed by atoms with E-state index in [0.29, 0.717) is 18.8 Å². The lowest BCUT2D eigenvalue weighted by molar-refractivity contribution is 0.00507. The van der Waals surface area contributed by atoms with Gasteiger partial charge in [0, 0.05) is 23.7 Å². The van der Waals surface area contributed by atoms with Crippen molar-refractivity contribution in [3.05, 3.63) is 29.3 Å². The van der Waals surface area contributed by atoms with E-state index < -0.39 is 21.7 Å². The van der Waals surface area contributed by atoms with Gasteiger partial charge in [-0.05, 0) is 64.0 Å². The van der Waals surface area contributed by atoms with Crippen molar-refractivity contribution < 1.29 is 26.7 Å². The van der Waals surface area contributed by atoms with Crippen LogP contribution in [0.4, 0.5) is 8.78 Å². The third-order valence-electron chi connectivity index (χ3n) is 5.90. The molecule has 2 N–H and O–H groups in total. The lowest BCUT2D eigenvalue weighted by Crippen LogP contribution is -2.55. The molecule has 9 heteroatoms. The normalized spacial score (nSPS) is 27.7. The third-order valence-corrected chi connectivity index (χ3v) is 6.63. The van der Waals surface area contributed by atoms with Crippen molar-refractivity contribution >= 4 is 10.0 Å². The van der Waals surface area contributed by atoms with E-state index in [2.05, 4.69) is 10.0 Å². The molecule has 1 saturated heterocycles. The Morgan fingerprint density at radius 3 is 2.57 bits per heavy atom. The first-order valence-corrected chi connectivity index (χ1v) is 12.6. The van der Waals surface area contributed by atoms with Gasteiger partial charge in [0.25, 0.3) is 0 Å². The molecule has 0 amide bonds. The van der Waals surface area contributed by atoms with Crippen molar-refractivity contribution in [1.29, 1.82) is 0 Å². The van der Waals surface area contributed by atoms with Gasteiger partial charge < -0.3 is 14.8 Å². The van der Waals surface area contributed by atoms with E-state index in [0.717, 1.165) is 51.1 Å². The number of hydrogen-bond donors (Lipinski definition) is 2. The summed E-state index contributed by atoms with van der Waals surface area (Å²) in [5.41, 5.74) is 0.596. The van der Waals surface area contributed by atoms with Gasteiger partial charge in [0.05, 0.1) is 25.6 Å². The molecule has 1 aliphatic carbocycles. The average Bonchev–Trinajstić information content (AvgIpc) is 2.68. The molecule has 0 unspecified atom stereocenters. The predicted octanol–water partition coefficient (Wildman–Crippen LogP) is 3.08. The SMILES string of the molecule is CCOc1c(F)cc(F)cc1[C@H]1CC[C@@H](OC[C@@H]2NCCC[C@@H]2NS(C)(=O)=O)CC1. The highest BCUT2D eigenvalue weighted by molar-refractivity contribution is 7.88. The molecule has 1 heterocycles. The second-order valence-electron chi connectivity index (χ2n) is 8.25. The second-order valence-corrected chi connectivity index (χ2v) is 10.0. The van der Waals surface area contributed by atoms with Gasteiger partial charge >= 0.3 is 0 Å². The molecule has 1 saturated carbocycles. The number of halogens is 2. The molecule has 170 valence electrons. The highest BCUT2D eigenvalue weighted by Gasteiger charge is 2.30. The van der Waals surface area contributed by atoms with Crippen LogP contribution in [0.15, 0.2) is 12.1 Å². The van der Waals surface area contributed by atoms with E-state index in [1.807, 2.05) is 0 Å². The Morgan fingerprint density at radius 1 is 1.17 bits per heavy atom. The molecule has 0 spiro atoms. The fourth-order valence-electron chi connectivity index (χ4n) is 4.50. The standard InChI is InChI=1S/C21H32F2N2O4S/c1-3-28-21-17(11-15(22)12-18(21)23)14-6-8-16(9-7-14)29-13-20-19(5-4-10-24-20)25-30(2,26)27/h11-12,14,16,19-20,24-25H,3-10,13H2,1-2H3/t14-,16+,19-,20-/m0/s1. The molecule has 2 atom stereocenters. The van der Waals surface area contributed by atoms with Crippen LogP contribution in [0.2, 0.25) is 0 Å². The van der Waals surface area contributed by atoms with Crippen LogP contribution in [0.3, 0.4) is 0 Å². The van der Waals surface area contributed by atoms with Crippen LogP contribution >= 0.6 is 0 Å². The predicted molar refractivity (Wildman–Crippen MR) is 111 cm³/mol. The summed E-state index contributed by atoms with van der Waals surface area (Å²) in [7, 11) is -3.27. The maximum Gasteiger partial charge on any atom is 0.209 e. The van der Waals surface area contributed by atoms with Crippen LogP contribution in [0.25, 0.3) is 0 Å². The first kappa shape index (κ1) is 23.4. The van der Waals surface area contributed by atoms with Crippen molar-refractivity contribution in [2.24, 2.45) is 0 Å². The molecule has 1 aromatic rings. The van der Waals surface area contributed by atoms with Crippen LogP contribution in [-0.2, 0) is 14.8 Å². The van der Waals surface area contributed by atoms with Crippen LogP contribution in [0.1, 0.15) is 56.9 Å². The zero-order valence-electron chi connectivity index (χ0n) is 17.6. The molecule has 0 radical (unpaired) electrons. The number of ether oxygens (including phenoxy) is 2. The summed E-state index contributed by atoms with van der Waals surface area (Å²) in [6, 6.07) is 2.01. The summed E-state index contributed by atoms with van der Waals surface area (Å²) in [5, 5.41) is 3.35. The lowest BCUT2D eigenvalue weighted by atomic mass is 9.82. The number of hydrogen-bond acceptors (Lipinski definition) is 5. The lowest BCUT2D eigenvalue weighted by Gasteiger charge is -2.35. The Balaban J connectivity index is 1.55. The fourth-order valence-corrected chi connectivity index (χ4v) is 5.34. The van der Waals surface area contributed by atoms with E-state index in [-0.39, 0.29) is 29.9 Å². The Kier molecular flexibility index (Phi) is 8.06. The summed E-state index contributed by atoms with van der Waals surface area (Å²) in [6.45, 7) is 3.38. The van der Waals surface area contributed by atoms with E-state index in [1.165, 1.54) is 12.3 Å². The van der Waals surface area contributed by atoms with E-state index in [9.17, 15) is 17.2 Å². The summed E-state index contributed by atoms with van der Waals surface area (Å²) < 4.78 is 65.4. The van der Waals surface area contributed by atoms with Crippen molar-refractivity contribution in [2.45, 2.75) is 69.6 Å². The van der Waals surface area contributed by atoms with E-state index >= 15 is 0 Å². The van der Waals surface area contributed by atoms with E-state index in [1.54, 1.807) is 6.92 Å². The van der Waals surface area contributed by atoms with Gasteiger partial charge in [-0.25, -0.2) is 21.9 Å². The molecule has 3 rings (SSSR count). The Bertz CT molecular complexity index is 813. The van der Waals surface area contributed by atoms with Crippen molar-refractivity contribution in [2.75, 3.05) is 26.0 Å². The van der Waals surface area contributed by atoms with Crippen LogP contribution < -0.4 is 14.8 Å². The van der Waals surface area contributed by atoms with Crippen molar-refractivity contribution in [1.82, 2.24) is 10.0 Å². The van der Waals surface area contributed by atoms with Gasteiger partial charge in [0.15, 0.2) is 11.6 Å². The highest BCUT2D eigenvalue weighted by Crippen LogP contribution is 2.40. The molecule has 6 nitrogen and oxygen atoms in total. The first-order valence-electron chi connectivity index (χ1n) is 10.7. The quantitative estimate of drug-likeness (QED) is 0.642. The third kappa shape index (κ3) is 6.35. The summed E-state index contributed by atoms with van der Waals surface area (Å²) in [4.78, 5) is 0. The molecular weight excluding hydrogens is 414 g/mol. The van der Waals surface area contributed by atoms with Gasteiger partial charge in [-0.2, -0.15) is 0 Å². The minimum atomic E-state index is -3.27. The Morgan fingerprint density at radius 2 is 1.90 bits per heavy atom. The largest absolute Gasteiger partial charge is 0.491 e. The van der Waals surface area contributed by atoms with Crippen LogP contribution in [-0.4, -0.2) is 52.6 Å². The van der Waals surface area contributed by atoms with Crippen molar-refractivity contribution in [3.8, 4) is 5.75 Å². The fraction of sp³-hybridized carbons (Fsp3) is 0.714. The van der Waals surface area contributed by atoms with Gasteiger partial charge in [-0.1, -0.05) is 0 Å².